The third kappa shape index (κ3) is 4.22. The Morgan fingerprint density at radius 1 is 1.36 bits per heavy atom. The predicted molar refractivity (Wildman–Crippen MR) is 104 cm³/mol. The van der Waals surface area contributed by atoms with Crippen molar-refractivity contribution in [2.75, 3.05) is 11.9 Å². The molecule has 1 aliphatic rings. The van der Waals surface area contributed by atoms with Crippen molar-refractivity contribution < 1.29 is 19.2 Å². The van der Waals surface area contributed by atoms with E-state index in [9.17, 15) is 19.7 Å². The Balaban J connectivity index is 1.84. The number of esters is 1. The van der Waals surface area contributed by atoms with Gasteiger partial charge >= 0.3 is 11.8 Å². The molecule has 0 fully saturated rings. The van der Waals surface area contributed by atoms with Crippen molar-refractivity contribution in [1.82, 2.24) is 9.78 Å². The molecular formula is C18H22N4O5S. The number of hydrogen-bond donors (Lipinski definition) is 1. The van der Waals surface area contributed by atoms with E-state index in [2.05, 4.69) is 10.4 Å². The van der Waals surface area contributed by atoms with Gasteiger partial charge in [-0.2, -0.15) is 4.68 Å². The lowest BCUT2D eigenvalue weighted by Gasteiger charge is -2.08. The van der Waals surface area contributed by atoms with Gasteiger partial charge in [0.1, 0.15) is 11.5 Å². The zero-order valence-electron chi connectivity index (χ0n) is 15.8. The highest BCUT2D eigenvalue weighted by Crippen LogP contribution is 2.38. The van der Waals surface area contributed by atoms with Crippen LogP contribution in [0.2, 0.25) is 0 Å². The van der Waals surface area contributed by atoms with E-state index in [0.717, 1.165) is 42.5 Å². The molecule has 1 N–H and O–H groups in total. The average Bonchev–Trinajstić information content (AvgIpc) is 3.07. The molecule has 0 aromatic carbocycles. The summed E-state index contributed by atoms with van der Waals surface area (Å²) in [5, 5.41) is 17.9. The van der Waals surface area contributed by atoms with Gasteiger partial charge in [-0.3, -0.25) is 4.79 Å². The monoisotopic (exact) mass is 406 g/mol. The summed E-state index contributed by atoms with van der Waals surface area (Å²) in [6, 6.07) is 1.31. The second kappa shape index (κ2) is 8.51. The Hall–Kier alpha value is -2.75. The van der Waals surface area contributed by atoms with Crippen LogP contribution < -0.4 is 5.32 Å². The molecule has 10 heteroatoms. The molecule has 0 radical (unpaired) electrons. The van der Waals surface area contributed by atoms with E-state index >= 15 is 0 Å². The molecule has 0 saturated carbocycles. The van der Waals surface area contributed by atoms with Crippen LogP contribution in [0.5, 0.6) is 0 Å². The van der Waals surface area contributed by atoms with E-state index in [1.165, 1.54) is 22.1 Å². The smallest absolute Gasteiger partial charge is 0.390 e. The van der Waals surface area contributed by atoms with Gasteiger partial charge in [0, 0.05) is 4.88 Å². The predicted octanol–water partition coefficient (Wildman–Crippen LogP) is 3.25. The van der Waals surface area contributed by atoms with E-state index < -0.39 is 16.8 Å². The van der Waals surface area contributed by atoms with Gasteiger partial charge in [-0.1, -0.05) is 6.42 Å². The lowest BCUT2D eigenvalue weighted by Crippen LogP contribution is -2.21. The van der Waals surface area contributed by atoms with Crippen molar-refractivity contribution in [2.45, 2.75) is 52.5 Å². The molecule has 0 atom stereocenters. The standard InChI is InChI=1S/C18H22N4O5S/c1-3-27-18(24)16-12-7-5-4-6-8-13(12)28-17(16)19-15(23)10-21-11(2)9-14(20-21)22(25)26/h9H,3-8,10H2,1-2H3,(H,19,23). The number of fused-ring (bicyclic) bond motifs is 1. The summed E-state index contributed by atoms with van der Waals surface area (Å²) in [5.41, 5.74) is 1.93. The second-order valence-corrected chi connectivity index (χ2v) is 7.70. The number of rotatable bonds is 6. The molecule has 150 valence electrons. The minimum atomic E-state index is -0.601. The lowest BCUT2D eigenvalue weighted by molar-refractivity contribution is -0.389. The summed E-state index contributed by atoms with van der Waals surface area (Å²) < 4.78 is 6.48. The second-order valence-electron chi connectivity index (χ2n) is 6.60. The number of amides is 1. The van der Waals surface area contributed by atoms with E-state index in [-0.39, 0.29) is 19.0 Å². The van der Waals surface area contributed by atoms with Gasteiger partial charge in [-0.15, -0.1) is 11.3 Å². The molecule has 0 saturated heterocycles. The summed E-state index contributed by atoms with van der Waals surface area (Å²) in [7, 11) is 0. The van der Waals surface area contributed by atoms with Gasteiger partial charge in [-0.25, -0.2) is 4.79 Å². The van der Waals surface area contributed by atoms with Crippen molar-refractivity contribution in [3.63, 3.8) is 0 Å². The molecule has 9 nitrogen and oxygen atoms in total. The number of aromatic nitrogens is 2. The van der Waals surface area contributed by atoms with Gasteiger partial charge in [0.05, 0.1) is 29.0 Å². The maximum absolute atomic E-state index is 12.5. The number of nitro groups is 1. The number of anilines is 1. The molecule has 0 unspecified atom stereocenters. The largest absolute Gasteiger partial charge is 0.462 e. The van der Waals surface area contributed by atoms with E-state index in [1.54, 1.807) is 13.8 Å². The van der Waals surface area contributed by atoms with E-state index in [0.29, 0.717) is 16.3 Å². The third-order valence-corrected chi connectivity index (χ3v) is 5.81. The van der Waals surface area contributed by atoms with Crippen LogP contribution >= 0.6 is 11.3 Å². The van der Waals surface area contributed by atoms with Crippen LogP contribution in [-0.4, -0.2) is 33.2 Å². The highest BCUT2D eigenvalue weighted by atomic mass is 32.1. The Bertz CT molecular complexity index is 917. The minimum Gasteiger partial charge on any atom is -0.462 e. The van der Waals surface area contributed by atoms with Gasteiger partial charge in [-0.05, 0) is 50.0 Å². The molecular weight excluding hydrogens is 384 g/mol. The zero-order chi connectivity index (χ0) is 20.3. The fourth-order valence-corrected chi connectivity index (χ4v) is 4.59. The van der Waals surface area contributed by atoms with Crippen molar-refractivity contribution in [2.24, 2.45) is 0 Å². The number of carbonyl (C=O) groups is 2. The highest BCUT2D eigenvalue weighted by molar-refractivity contribution is 7.17. The quantitative estimate of drug-likeness (QED) is 0.341. The van der Waals surface area contributed by atoms with Crippen molar-refractivity contribution in [3.05, 3.63) is 37.9 Å². The molecule has 1 amide bonds. The maximum Gasteiger partial charge on any atom is 0.390 e. The normalized spacial score (nSPS) is 13.5. The maximum atomic E-state index is 12.5. The van der Waals surface area contributed by atoms with Crippen LogP contribution in [0, 0.1) is 17.0 Å². The zero-order valence-corrected chi connectivity index (χ0v) is 16.6. The average molecular weight is 406 g/mol. The molecule has 3 rings (SSSR count). The fourth-order valence-electron chi connectivity index (χ4n) is 3.29. The van der Waals surface area contributed by atoms with Gasteiger partial charge in [0.25, 0.3) is 0 Å². The summed E-state index contributed by atoms with van der Waals surface area (Å²) in [4.78, 5) is 36.4. The van der Waals surface area contributed by atoms with Gasteiger partial charge in [0.2, 0.25) is 5.91 Å². The number of hydrogen-bond acceptors (Lipinski definition) is 7. The summed E-state index contributed by atoms with van der Waals surface area (Å²) >= 11 is 1.41. The topological polar surface area (TPSA) is 116 Å². The summed E-state index contributed by atoms with van der Waals surface area (Å²) in [5.74, 6) is -1.13. The molecule has 1 aliphatic carbocycles. The number of carbonyl (C=O) groups excluding carboxylic acids is 2. The van der Waals surface area contributed by atoms with Crippen molar-refractivity contribution in [3.8, 4) is 0 Å². The van der Waals surface area contributed by atoms with Crippen LogP contribution in [0.15, 0.2) is 6.07 Å². The van der Waals surface area contributed by atoms with E-state index in [4.69, 9.17) is 4.74 Å². The molecule has 0 bridgehead atoms. The Morgan fingerprint density at radius 2 is 2.11 bits per heavy atom. The van der Waals surface area contributed by atoms with Crippen LogP contribution in [0.25, 0.3) is 0 Å². The molecule has 2 heterocycles. The Morgan fingerprint density at radius 3 is 2.79 bits per heavy atom. The van der Waals surface area contributed by atoms with E-state index in [1.807, 2.05) is 0 Å². The van der Waals surface area contributed by atoms with Gasteiger partial charge < -0.3 is 20.2 Å². The molecule has 0 spiro atoms. The summed E-state index contributed by atoms with van der Waals surface area (Å²) in [6.45, 7) is 3.47. The van der Waals surface area contributed by atoms with Crippen LogP contribution in [0.1, 0.15) is 52.7 Å². The first-order valence-corrected chi connectivity index (χ1v) is 10.0. The SMILES string of the molecule is CCOC(=O)c1c(NC(=O)Cn2nc([N+](=O)[O-])cc2C)sc2c1CCCCC2. The Kier molecular flexibility index (Phi) is 6.08. The van der Waals surface area contributed by atoms with Crippen LogP contribution in [-0.2, 0) is 28.9 Å². The molecule has 0 aliphatic heterocycles. The third-order valence-electron chi connectivity index (χ3n) is 4.60. The number of nitrogens with zero attached hydrogens (tertiary/aromatic N) is 3. The minimum absolute atomic E-state index is 0.176. The highest BCUT2D eigenvalue weighted by Gasteiger charge is 2.27. The first kappa shape index (κ1) is 20.0. The Labute approximate surface area is 165 Å². The van der Waals surface area contributed by atoms with Crippen LogP contribution in [0.4, 0.5) is 10.8 Å². The molecule has 28 heavy (non-hydrogen) atoms. The fraction of sp³-hybridized carbons (Fsp3) is 0.500. The molecule has 2 aromatic rings. The number of ether oxygens (including phenoxy) is 1. The first-order chi connectivity index (χ1) is 13.4. The summed E-state index contributed by atoms with van der Waals surface area (Å²) in [6.07, 6.45) is 4.84. The van der Waals surface area contributed by atoms with Gasteiger partial charge in [0.15, 0.2) is 0 Å². The van der Waals surface area contributed by atoms with Crippen molar-refractivity contribution >= 4 is 34.0 Å². The number of thiophene rings is 1. The first-order valence-electron chi connectivity index (χ1n) is 9.21. The number of aryl methyl sites for hydroxylation is 2. The van der Waals surface area contributed by atoms with Crippen LogP contribution in [0.3, 0.4) is 0 Å². The van der Waals surface area contributed by atoms with Crippen molar-refractivity contribution in [1.29, 1.82) is 0 Å². The number of nitrogens with one attached hydrogen (secondary N) is 1. The lowest BCUT2D eigenvalue weighted by atomic mass is 10.1. The molecule has 2 aromatic heterocycles.